The van der Waals surface area contributed by atoms with Gasteiger partial charge in [0, 0.05) is 6.54 Å². The van der Waals surface area contributed by atoms with Gasteiger partial charge in [0.15, 0.2) is 0 Å². The first-order chi connectivity index (χ1) is 9.13. The first-order valence-corrected chi connectivity index (χ1v) is 6.69. The Bertz CT molecular complexity index is 569. The summed E-state index contributed by atoms with van der Waals surface area (Å²) in [5, 5.41) is 6.09. The molecular weight excluding hydrogens is 311 g/mol. The molecule has 0 radical (unpaired) electrons. The highest BCUT2D eigenvalue weighted by molar-refractivity contribution is 9.10. The zero-order valence-corrected chi connectivity index (χ0v) is 12.3. The van der Waals surface area contributed by atoms with E-state index in [0.717, 1.165) is 12.1 Å². The molecule has 0 aliphatic heterocycles. The zero-order chi connectivity index (χ0) is 13.8. The molecule has 1 aromatic heterocycles. The number of nitrogens with zero attached hydrogens (tertiary/aromatic N) is 2. The van der Waals surface area contributed by atoms with Crippen LogP contribution >= 0.6 is 15.9 Å². The van der Waals surface area contributed by atoms with E-state index in [9.17, 15) is 4.39 Å². The lowest BCUT2D eigenvalue weighted by molar-refractivity contribution is 0.630. The van der Waals surface area contributed by atoms with Crippen molar-refractivity contribution in [2.75, 3.05) is 17.2 Å². The Hall–Kier alpha value is -1.69. The topological polar surface area (TPSA) is 49.8 Å². The summed E-state index contributed by atoms with van der Waals surface area (Å²) in [5.74, 6) is 0.892. The number of aryl methyl sites for hydroxylation is 1. The Kier molecular flexibility index (Phi) is 4.31. The van der Waals surface area contributed by atoms with Gasteiger partial charge in [-0.2, -0.15) is 0 Å². The molecule has 1 aromatic carbocycles. The number of benzene rings is 1. The zero-order valence-electron chi connectivity index (χ0n) is 10.7. The van der Waals surface area contributed by atoms with E-state index in [1.807, 2.05) is 19.9 Å². The van der Waals surface area contributed by atoms with Crippen molar-refractivity contribution in [3.63, 3.8) is 0 Å². The first kappa shape index (κ1) is 13.7. The molecule has 0 spiro atoms. The first-order valence-electron chi connectivity index (χ1n) is 5.90. The molecule has 4 nitrogen and oxygen atoms in total. The predicted octanol–water partition coefficient (Wildman–Crippen LogP) is 3.86. The molecule has 0 saturated carbocycles. The molecule has 2 aromatic rings. The number of halogens is 2. The molecule has 19 heavy (non-hydrogen) atoms. The van der Waals surface area contributed by atoms with Crippen LogP contribution in [-0.4, -0.2) is 16.5 Å². The van der Waals surface area contributed by atoms with Crippen LogP contribution in [0.1, 0.15) is 12.5 Å². The normalized spacial score (nSPS) is 10.3. The van der Waals surface area contributed by atoms with E-state index in [1.165, 1.54) is 12.4 Å². The Morgan fingerprint density at radius 1 is 1.26 bits per heavy atom. The van der Waals surface area contributed by atoms with Gasteiger partial charge in [-0.05, 0) is 41.4 Å². The van der Waals surface area contributed by atoms with Gasteiger partial charge in [0.25, 0.3) is 0 Å². The van der Waals surface area contributed by atoms with Gasteiger partial charge < -0.3 is 10.6 Å². The van der Waals surface area contributed by atoms with Crippen LogP contribution in [0.4, 0.5) is 21.7 Å². The molecule has 0 atom stereocenters. The maximum atomic E-state index is 13.8. The number of nitrogens with one attached hydrogen (secondary N) is 2. The average Bonchev–Trinajstić information content (AvgIpc) is 2.38. The summed E-state index contributed by atoms with van der Waals surface area (Å²) in [6.07, 6.45) is 1.43. The molecule has 0 fully saturated rings. The van der Waals surface area contributed by atoms with Crippen LogP contribution in [0.5, 0.6) is 0 Å². The number of hydrogen-bond acceptors (Lipinski definition) is 4. The molecule has 0 aliphatic carbocycles. The van der Waals surface area contributed by atoms with E-state index in [0.29, 0.717) is 21.8 Å². The van der Waals surface area contributed by atoms with Gasteiger partial charge >= 0.3 is 0 Å². The fourth-order valence-corrected chi connectivity index (χ4v) is 2.10. The minimum atomic E-state index is -0.310. The molecule has 0 bridgehead atoms. The molecule has 6 heteroatoms. The van der Waals surface area contributed by atoms with Crippen LogP contribution < -0.4 is 10.6 Å². The smallest absolute Gasteiger partial charge is 0.150 e. The maximum absolute atomic E-state index is 13.8. The second-order valence-corrected chi connectivity index (χ2v) is 4.76. The fraction of sp³-hybridized carbons (Fsp3) is 0.231. The Morgan fingerprint density at radius 2 is 2.00 bits per heavy atom. The van der Waals surface area contributed by atoms with Gasteiger partial charge in [-0.1, -0.05) is 12.1 Å². The van der Waals surface area contributed by atoms with Crippen molar-refractivity contribution >= 4 is 33.3 Å². The van der Waals surface area contributed by atoms with Gasteiger partial charge in [-0.15, -0.1) is 0 Å². The quantitative estimate of drug-likeness (QED) is 0.896. The van der Waals surface area contributed by atoms with Crippen molar-refractivity contribution in [2.45, 2.75) is 13.8 Å². The van der Waals surface area contributed by atoms with Gasteiger partial charge in [0.2, 0.25) is 0 Å². The summed E-state index contributed by atoms with van der Waals surface area (Å²) in [7, 11) is 0. The number of aromatic nitrogens is 2. The summed E-state index contributed by atoms with van der Waals surface area (Å²) < 4.78 is 14.5. The van der Waals surface area contributed by atoms with Crippen molar-refractivity contribution < 1.29 is 4.39 Å². The van der Waals surface area contributed by atoms with Crippen molar-refractivity contribution in [2.24, 2.45) is 0 Å². The van der Waals surface area contributed by atoms with Gasteiger partial charge in [-0.3, -0.25) is 0 Å². The lowest BCUT2D eigenvalue weighted by Crippen LogP contribution is -2.05. The molecule has 0 saturated heterocycles. The number of para-hydroxylation sites is 1. The van der Waals surface area contributed by atoms with Crippen LogP contribution in [0.3, 0.4) is 0 Å². The van der Waals surface area contributed by atoms with Gasteiger partial charge in [0.05, 0.1) is 5.69 Å². The Balaban J connectivity index is 2.36. The van der Waals surface area contributed by atoms with E-state index in [1.54, 1.807) is 6.07 Å². The van der Waals surface area contributed by atoms with Crippen molar-refractivity contribution in [3.05, 3.63) is 40.4 Å². The molecule has 1 heterocycles. The van der Waals surface area contributed by atoms with Gasteiger partial charge in [0.1, 0.15) is 28.3 Å². The maximum Gasteiger partial charge on any atom is 0.150 e. The highest BCUT2D eigenvalue weighted by atomic mass is 79.9. The molecule has 0 aliphatic rings. The van der Waals surface area contributed by atoms with E-state index >= 15 is 0 Å². The minimum absolute atomic E-state index is 0.310. The fourth-order valence-electron chi connectivity index (χ4n) is 1.66. The minimum Gasteiger partial charge on any atom is -0.369 e. The summed E-state index contributed by atoms with van der Waals surface area (Å²) in [6, 6.07) is 4.93. The molecule has 0 unspecified atom stereocenters. The van der Waals surface area contributed by atoms with Crippen LogP contribution in [0.2, 0.25) is 0 Å². The molecule has 2 rings (SSSR count). The largest absolute Gasteiger partial charge is 0.369 e. The van der Waals surface area contributed by atoms with Crippen LogP contribution in [0.25, 0.3) is 0 Å². The second-order valence-electron chi connectivity index (χ2n) is 3.97. The highest BCUT2D eigenvalue weighted by Gasteiger charge is 2.11. The van der Waals surface area contributed by atoms with E-state index in [-0.39, 0.29) is 5.82 Å². The number of anilines is 3. The third-order valence-corrected chi connectivity index (χ3v) is 3.35. The number of hydrogen-bond donors (Lipinski definition) is 2. The average molecular weight is 325 g/mol. The predicted molar refractivity (Wildman–Crippen MR) is 78.3 cm³/mol. The molecule has 0 amide bonds. The van der Waals surface area contributed by atoms with Crippen molar-refractivity contribution in [1.82, 2.24) is 9.97 Å². The monoisotopic (exact) mass is 324 g/mol. The Morgan fingerprint density at radius 3 is 2.68 bits per heavy atom. The van der Waals surface area contributed by atoms with Crippen LogP contribution in [-0.2, 0) is 0 Å². The third-order valence-electron chi connectivity index (χ3n) is 2.60. The van der Waals surface area contributed by atoms with Crippen LogP contribution in [0.15, 0.2) is 29.0 Å². The highest BCUT2D eigenvalue weighted by Crippen LogP contribution is 2.30. The second kappa shape index (κ2) is 5.97. The Labute approximate surface area is 119 Å². The molecular formula is C13H14BrFN4. The van der Waals surface area contributed by atoms with Crippen molar-refractivity contribution in [3.8, 4) is 0 Å². The van der Waals surface area contributed by atoms with Crippen LogP contribution in [0, 0.1) is 12.7 Å². The third kappa shape index (κ3) is 3.01. The van der Waals surface area contributed by atoms with Crippen molar-refractivity contribution in [1.29, 1.82) is 0 Å². The molecule has 2 N–H and O–H groups in total. The van der Waals surface area contributed by atoms with E-state index in [4.69, 9.17) is 0 Å². The number of rotatable bonds is 4. The molecule has 100 valence electrons. The lowest BCUT2D eigenvalue weighted by Gasteiger charge is -2.13. The summed E-state index contributed by atoms with van der Waals surface area (Å²) in [6.45, 7) is 4.56. The SMILES string of the molecule is CCNc1ncnc(Nc2c(C)cccc2F)c1Br. The van der Waals surface area contributed by atoms with E-state index < -0.39 is 0 Å². The van der Waals surface area contributed by atoms with E-state index in [2.05, 4.69) is 36.5 Å². The van der Waals surface area contributed by atoms with Gasteiger partial charge in [-0.25, -0.2) is 14.4 Å². The standard InChI is InChI=1S/C13H14BrFN4/c1-3-16-12-10(14)13(18-7-17-12)19-11-8(2)5-4-6-9(11)15/h4-7H,3H2,1-2H3,(H2,16,17,18,19). The lowest BCUT2D eigenvalue weighted by atomic mass is 10.2. The summed E-state index contributed by atoms with van der Waals surface area (Å²) in [5.41, 5.74) is 1.24. The summed E-state index contributed by atoms with van der Waals surface area (Å²) >= 11 is 3.42. The summed E-state index contributed by atoms with van der Waals surface area (Å²) in [4.78, 5) is 8.24.